The maximum absolute atomic E-state index is 11.8. The van der Waals surface area contributed by atoms with Gasteiger partial charge in [0.25, 0.3) is 6.43 Å². The first-order valence-corrected chi connectivity index (χ1v) is 6.46. The molecule has 0 saturated heterocycles. The molecule has 1 nitrogen and oxygen atoms in total. The van der Waals surface area contributed by atoms with Crippen molar-refractivity contribution >= 4 is 46.1 Å². The lowest BCUT2D eigenvalue weighted by molar-refractivity contribution is 0.0165. The average Bonchev–Trinajstić information content (AvgIpc) is 2.52. The van der Waals surface area contributed by atoms with Gasteiger partial charge in [0.05, 0.1) is 14.0 Å². The summed E-state index contributed by atoms with van der Waals surface area (Å²) in [4.78, 5) is 0. The Hall–Kier alpha value is 0.390. The molecule has 0 aliphatic carbocycles. The molecule has 0 radical (unpaired) electrons. The highest BCUT2D eigenvalue weighted by atomic mass is 35.5. The molecule has 92 valence electrons. The van der Waals surface area contributed by atoms with Gasteiger partial charge >= 0.3 is 0 Å². The highest BCUT2D eigenvalue weighted by molar-refractivity contribution is 7.20. The first-order valence-electron chi connectivity index (χ1n) is 4.45. The molecule has 7 heteroatoms. The van der Waals surface area contributed by atoms with Crippen LogP contribution in [0.5, 0.6) is 0 Å². The summed E-state index contributed by atoms with van der Waals surface area (Å²) in [6.45, 7) is -0.399. The van der Waals surface area contributed by atoms with Crippen LogP contribution in [0.25, 0.3) is 0 Å². The van der Waals surface area contributed by atoms with Crippen LogP contribution < -0.4 is 0 Å². The van der Waals surface area contributed by atoms with Crippen LogP contribution in [0.1, 0.15) is 17.4 Å². The number of thiophene rings is 1. The van der Waals surface area contributed by atoms with E-state index in [1.165, 1.54) is 11.3 Å². The van der Waals surface area contributed by atoms with Gasteiger partial charge < -0.3 is 4.74 Å². The van der Waals surface area contributed by atoms with Crippen molar-refractivity contribution in [1.82, 2.24) is 0 Å². The number of hydrogen-bond donors (Lipinski definition) is 0. The first kappa shape index (κ1) is 14.5. The van der Waals surface area contributed by atoms with E-state index in [1.54, 1.807) is 6.07 Å². The van der Waals surface area contributed by atoms with E-state index in [0.717, 1.165) is 5.56 Å². The summed E-state index contributed by atoms with van der Waals surface area (Å²) >= 11 is 18.9. The van der Waals surface area contributed by atoms with Crippen LogP contribution in [0.2, 0.25) is 8.67 Å². The van der Waals surface area contributed by atoms with Gasteiger partial charge in [0.15, 0.2) is 0 Å². The third-order valence-corrected chi connectivity index (χ3v) is 3.75. The van der Waals surface area contributed by atoms with Crippen LogP contribution in [0.3, 0.4) is 0 Å². The summed E-state index contributed by atoms with van der Waals surface area (Å²) < 4.78 is 29.3. The Morgan fingerprint density at radius 3 is 2.56 bits per heavy atom. The highest BCUT2D eigenvalue weighted by Gasteiger charge is 2.15. The number of halogens is 5. The van der Waals surface area contributed by atoms with Crippen molar-refractivity contribution in [3.8, 4) is 0 Å². The number of hydrogen-bond acceptors (Lipinski definition) is 2. The van der Waals surface area contributed by atoms with Gasteiger partial charge in [-0.05, 0) is 12.5 Å². The number of rotatable bonds is 6. The molecule has 0 N–H and O–H groups in total. The van der Waals surface area contributed by atoms with Crippen molar-refractivity contribution in [2.75, 3.05) is 13.2 Å². The Bertz CT molecular complexity index is 333. The normalized spacial score (nSPS) is 13.4. The second-order valence-electron chi connectivity index (χ2n) is 3.00. The zero-order valence-corrected chi connectivity index (χ0v) is 11.1. The van der Waals surface area contributed by atoms with Crippen molar-refractivity contribution in [2.24, 2.45) is 0 Å². The number of ether oxygens (including phenoxy) is 1. The van der Waals surface area contributed by atoms with E-state index in [-0.39, 0.29) is 12.0 Å². The molecule has 0 aliphatic rings. The Kier molecular flexibility index (Phi) is 6.29. The van der Waals surface area contributed by atoms with Crippen LogP contribution >= 0.6 is 46.1 Å². The Labute approximate surface area is 111 Å². The molecular formula is C9H9Cl3F2OS. The van der Waals surface area contributed by atoms with Crippen molar-refractivity contribution in [3.63, 3.8) is 0 Å². The zero-order valence-electron chi connectivity index (χ0n) is 8.06. The van der Waals surface area contributed by atoms with E-state index in [2.05, 4.69) is 0 Å². The fourth-order valence-electron chi connectivity index (χ4n) is 1.08. The van der Waals surface area contributed by atoms with E-state index in [1.807, 2.05) is 0 Å². The van der Waals surface area contributed by atoms with Gasteiger partial charge in [-0.15, -0.1) is 22.9 Å². The minimum absolute atomic E-state index is 0.169. The minimum atomic E-state index is -2.45. The lowest BCUT2D eigenvalue weighted by Gasteiger charge is -2.08. The molecule has 0 aliphatic heterocycles. The molecule has 1 heterocycles. The van der Waals surface area contributed by atoms with Crippen LogP contribution in [0, 0.1) is 0 Å². The molecule has 0 amide bonds. The first-order chi connectivity index (χ1) is 7.50. The monoisotopic (exact) mass is 308 g/mol. The van der Waals surface area contributed by atoms with Crippen molar-refractivity contribution in [3.05, 3.63) is 20.3 Å². The van der Waals surface area contributed by atoms with Crippen LogP contribution in [0.4, 0.5) is 8.78 Å². The van der Waals surface area contributed by atoms with Gasteiger partial charge in [-0.2, -0.15) is 0 Å². The van der Waals surface area contributed by atoms with Crippen LogP contribution in [0.15, 0.2) is 6.07 Å². The molecule has 1 unspecified atom stereocenters. The maximum atomic E-state index is 11.8. The lowest BCUT2D eigenvalue weighted by Crippen LogP contribution is -2.06. The fraction of sp³-hybridized carbons (Fsp3) is 0.556. The topological polar surface area (TPSA) is 9.23 Å². The molecule has 0 spiro atoms. The Balaban J connectivity index is 2.35. The second kappa shape index (κ2) is 6.97. The predicted octanol–water partition coefficient (Wildman–Crippen LogP) is 5.01. The summed E-state index contributed by atoms with van der Waals surface area (Å²) in [7, 11) is 0. The molecule has 16 heavy (non-hydrogen) atoms. The summed E-state index contributed by atoms with van der Waals surface area (Å²) in [6.07, 6.45) is -2.03. The summed E-state index contributed by atoms with van der Waals surface area (Å²) in [5.41, 5.74) is 0.721. The summed E-state index contributed by atoms with van der Waals surface area (Å²) in [6, 6.07) is 1.68. The lowest BCUT2D eigenvalue weighted by atomic mass is 10.2. The molecular weight excluding hydrogens is 301 g/mol. The van der Waals surface area contributed by atoms with Gasteiger partial charge in [-0.25, -0.2) is 8.78 Å². The quantitative estimate of drug-likeness (QED) is 0.530. The van der Waals surface area contributed by atoms with Gasteiger partial charge in [0.2, 0.25) is 0 Å². The van der Waals surface area contributed by atoms with Crippen molar-refractivity contribution < 1.29 is 13.5 Å². The predicted molar refractivity (Wildman–Crippen MR) is 64.4 cm³/mol. The molecule has 0 bridgehead atoms. The Morgan fingerprint density at radius 1 is 1.38 bits per heavy atom. The van der Waals surface area contributed by atoms with E-state index in [9.17, 15) is 8.78 Å². The number of alkyl halides is 3. The minimum Gasteiger partial charge on any atom is -0.375 e. The summed E-state index contributed by atoms with van der Waals surface area (Å²) in [5, 5.41) is -0.367. The summed E-state index contributed by atoms with van der Waals surface area (Å²) in [5.74, 6) is 0. The molecule has 1 aromatic rings. The van der Waals surface area contributed by atoms with Gasteiger partial charge in [0.1, 0.15) is 6.61 Å². The molecule has 0 saturated carbocycles. The third-order valence-electron chi connectivity index (χ3n) is 1.78. The fourth-order valence-corrected chi connectivity index (χ4v) is 3.04. The third kappa shape index (κ3) is 4.72. The zero-order chi connectivity index (χ0) is 12.1. The van der Waals surface area contributed by atoms with E-state index in [0.29, 0.717) is 15.1 Å². The Morgan fingerprint density at radius 2 is 2.06 bits per heavy atom. The van der Waals surface area contributed by atoms with Crippen molar-refractivity contribution in [2.45, 2.75) is 18.2 Å². The molecule has 1 atom stereocenters. The van der Waals surface area contributed by atoms with Crippen LogP contribution in [-0.4, -0.2) is 19.6 Å². The van der Waals surface area contributed by atoms with Gasteiger partial charge in [-0.3, -0.25) is 0 Å². The van der Waals surface area contributed by atoms with E-state index in [4.69, 9.17) is 39.5 Å². The molecule has 0 fully saturated rings. The molecule has 1 rings (SSSR count). The second-order valence-corrected chi connectivity index (χ2v) is 5.81. The molecule has 0 aromatic carbocycles. The van der Waals surface area contributed by atoms with Crippen molar-refractivity contribution in [1.29, 1.82) is 0 Å². The average molecular weight is 310 g/mol. The SMILES string of the molecule is FC(F)COCCC(Cl)c1cc(Cl)sc1Cl. The largest absolute Gasteiger partial charge is 0.375 e. The van der Waals surface area contributed by atoms with Gasteiger partial charge in [-0.1, -0.05) is 23.2 Å². The van der Waals surface area contributed by atoms with E-state index >= 15 is 0 Å². The van der Waals surface area contributed by atoms with Crippen LogP contribution in [-0.2, 0) is 4.74 Å². The smallest absolute Gasteiger partial charge is 0.261 e. The maximum Gasteiger partial charge on any atom is 0.261 e. The molecule has 1 aromatic heterocycles. The van der Waals surface area contributed by atoms with Gasteiger partial charge in [0, 0.05) is 12.2 Å². The highest BCUT2D eigenvalue weighted by Crippen LogP contribution is 2.38. The standard InChI is InChI=1S/C9H9Cl3F2OS/c10-6(1-2-15-4-8(13)14)5-3-7(11)16-9(5)12/h3,6,8H,1-2,4H2. The van der Waals surface area contributed by atoms with E-state index < -0.39 is 13.0 Å².